The number of aromatic nitrogens is 3. The zero-order valence-corrected chi connectivity index (χ0v) is 15.0. The topological polar surface area (TPSA) is 52.8 Å². The Hall–Kier alpha value is -2.58. The van der Waals surface area contributed by atoms with Gasteiger partial charge in [-0.25, -0.2) is 9.37 Å². The zero-order valence-electron chi connectivity index (χ0n) is 14.2. The van der Waals surface area contributed by atoms with Crippen molar-refractivity contribution in [2.45, 2.75) is 6.67 Å². The van der Waals surface area contributed by atoms with Crippen LogP contribution < -0.4 is 14.8 Å². The molecule has 134 valence electrons. The first-order chi connectivity index (χ1) is 12.7. The van der Waals surface area contributed by atoms with Crippen LogP contribution in [0.1, 0.15) is 0 Å². The third-order valence-electron chi connectivity index (χ3n) is 4.57. The Morgan fingerprint density at radius 1 is 1.15 bits per heavy atom. The van der Waals surface area contributed by atoms with Crippen molar-refractivity contribution in [1.82, 2.24) is 9.78 Å². The summed E-state index contributed by atoms with van der Waals surface area (Å²) in [6.45, 7) is 4.57. The Morgan fingerprint density at radius 3 is 2.62 bits per heavy atom. The zero-order chi connectivity index (χ0) is 17.9. The number of benzene rings is 1. The molecule has 0 spiro atoms. The van der Waals surface area contributed by atoms with Crippen molar-refractivity contribution >= 4 is 18.0 Å². The van der Waals surface area contributed by atoms with Crippen LogP contribution in [0.5, 0.6) is 0 Å². The molecule has 0 saturated carbocycles. The summed E-state index contributed by atoms with van der Waals surface area (Å²) in [6.07, 6.45) is 1.94. The summed E-state index contributed by atoms with van der Waals surface area (Å²) in [5.74, 6) is 1.28. The van der Waals surface area contributed by atoms with Crippen LogP contribution in [0.2, 0.25) is 0 Å². The molecule has 0 atom stereocenters. The molecule has 1 aromatic carbocycles. The van der Waals surface area contributed by atoms with Gasteiger partial charge in [-0.15, -0.1) is 5.10 Å². The number of rotatable bonds is 4. The second kappa shape index (κ2) is 7.35. The van der Waals surface area contributed by atoms with E-state index in [4.69, 9.17) is 16.6 Å². The van der Waals surface area contributed by atoms with Crippen molar-refractivity contribution in [3.63, 3.8) is 0 Å². The molecule has 0 aliphatic carbocycles. The molecule has 3 aromatic rings. The van der Waals surface area contributed by atoms with Crippen LogP contribution >= 0.6 is 12.2 Å². The second-order valence-corrected chi connectivity index (χ2v) is 6.67. The number of pyridine rings is 1. The van der Waals surface area contributed by atoms with E-state index in [1.807, 2.05) is 18.3 Å². The fourth-order valence-corrected chi connectivity index (χ4v) is 3.31. The van der Waals surface area contributed by atoms with Gasteiger partial charge in [0.25, 0.3) is 10.7 Å². The van der Waals surface area contributed by atoms with Crippen molar-refractivity contribution in [2.24, 2.45) is 0 Å². The number of nitrogens with one attached hydrogen (secondary N) is 2. The molecule has 26 heavy (non-hydrogen) atoms. The lowest BCUT2D eigenvalue weighted by molar-refractivity contribution is -0.924. The lowest BCUT2D eigenvalue weighted by Crippen LogP contribution is -3.14. The van der Waals surface area contributed by atoms with E-state index in [2.05, 4.69) is 21.0 Å². The van der Waals surface area contributed by atoms with Crippen LogP contribution in [0, 0.1) is 10.7 Å². The average molecular weight is 373 g/mol. The third kappa shape index (κ3) is 3.66. The molecule has 3 heterocycles. The lowest BCUT2D eigenvalue weighted by atomic mass is 10.2. The van der Waals surface area contributed by atoms with Crippen LogP contribution in [0.4, 0.5) is 10.2 Å². The smallest absolute Gasteiger partial charge is 0.292 e. The number of piperazine rings is 1. The molecule has 2 aromatic heterocycles. The highest BCUT2D eigenvalue weighted by Crippen LogP contribution is 2.17. The van der Waals surface area contributed by atoms with Gasteiger partial charge in [-0.05, 0) is 42.5 Å². The molecule has 1 aliphatic heterocycles. The molecule has 1 aliphatic rings. The maximum Gasteiger partial charge on any atom is 0.292 e. The van der Waals surface area contributed by atoms with Gasteiger partial charge in [0.1, 0.15) is 32.0 Å². The summed E-state index contributed by atoms with van der Waals surface area (Å²) in [6, 6.07) is 12.2. The molecule has 6 nitrogen and oxygen atoms in total. The number of H-pyrrole nitrogens is 1. The predicted molar refractivity (Wildman–Crippen MR) is 96.6 cm³/mol. The first-order valence-corrected chi connectivity index (χ1v) is 8.99. The Labute approximate surface area is 155 Å². The first-order valence-electron chi connectivity index (χ1n) is 8.58. The second-order valence-electron chi connectivity index (χ2n) is 6.32. The maximum absolute atomic E-state index is 13.1. The van der Waals surface area contributed by atoms with E-state index in [9.17, 15) is 4.39 Å². The molecule has 8 heteroatoms. The van der Waals surface area contributed by atoms with Gasteiger partial charge in [0, 0.05) is 11.6 Å². The van der Waals surface area contributed by atoms with E-state index in [1.54, 1.807) is 16.8 Å². The largest absolute Gasteiger partial charge is 0.409 e. The van der Waals surface area contributed by atoms with Crippen LogP contribution in [-0.4, -0.2) is 36.0 Å². The SMILES string of the molecule is Fc1ccc(-c2nn(C[NH+]3CCN(c4cccc[nH+]4)CC3)c(=S)o2)cc1. The van der Waals surface area contributed by atoms with Gasteiger partial charge in [-0.2, -0.15) is 4.68 Å². The van der Waals surface area contributed by atoms with Crippen molar-refractivity contribution in [2.75, 3.05) is 31.1 Å². The van der Waals surface area contributed by atoms with Gasteiger partial charge >= 0.3 is 0 Å². The van der Waals surface area contributed by atoms with Gasteiger partial charge in [-0.1, -0.05) is 6.07 Å². The number of hydrogen-bond donors (Lipinski definition) is 1. The summed E-state index contributed by atoms with van der Waals surface area (Å²) in [5, 5.41) is 4.46. The number of nitrogens with zero attached hydrogens (tertiary/aromatic N) is 3. The molecule has 4 rings (SSSR count). The quantitative estimate of drug-likeness (QED) is 0.698. The normalized spacial score (nSPS) is 15.3. The maximum atomic E-state index is 13.1. The minimum atomic E-state index is -0.287. The van der Waals surface area contributed by atoms with Gasteiger partial charge in [0.15, 0.2) is 6.67 Å². The number of aromatic amines is 1. The van der Waals surface area contributed by atoms with Crippen LogP contribution in [0.25, 0.3) is 11.5 Å². The highest BCUT2D eigenvalue weighted by Gasteiger charge is 2.26. The van der Waals surface area contributed by atoms with Crippen molar-refractivity contribution in [1.29, 1.82) is 0 Å². The van der Waals surface area contributed by atoms with Crippen LogP contribution in [-0.2, 0) is 6.67 Å². The number of anilines is 1. The van der Waals surface area contributed by atoms with E-state index in [0.29, 0.717) is 17.4 Å². The van der Waals surface area contributed by atoms with Gasteiger partial charge in [-0.3, -0.25) is 4.90 Å². The Kier molecular flexibility index (Phi) is 4.77. The van der Waals surface area contributed by atoms with Crippen molar-refractivity contribution < 1.29 is 18.7 Å². The van der Waals surface area contributed by atoms with E-state index in [-0.39, 0.29) is 5.82 Å². The molecule has 1 fully saturated rings. The number of quaternary nitrogens is 1. The standard InChI is InChI=1S/C18H18FN5OS/c19-15-6-4-14(5-7-15)17-21-24(18(26)25-17)13-22-9-11-23(12-10-22)16-3-1-2-8-20-16/h1-8H,9-13H2/p+2. The monoisotopic (exact) mass is 373 g/mol. The average Bonchev–Trinajstić information content (AvgIpc) is 3.04. The number of halogens is 1. The fourth-order valence-electron chi connectivity index (χ4n) is 3.13. The molecule has 1 saturated heterocycles. The molecule has 0 amide bonds. The van der Waals surface area contributed by atoms with Crippen LogP contribution in [0.3, 0.4) is 0 Å². The Balaban J connectivity index is 1.41. The summed E-state index contributed by atoms with van der Waals surface area (Å²) in [5.41, 5.74) is 0.718. The van der Waals surface area contributed by atoms with E-state index < -0.39 is 0 Å². The van der Waals surface area contributed by atoms with Crippen LogP contribution in [0.15, 0.2) is 53.1 Å². The minimum Gasteiger partial charge on any atom is -0.409 e. The van der Waals surface area contributed by atoms with Gasteiger partial charge in [0.05, 0.1) is 6.20 Å². The Morgan fingerprint density at radius 2 is 1.92 bits per heavy atom. The third-order valence-corrected chi connectivity index (χ3v) is 4.87. The highest BCUT2D eigenvalue weighted by atomic mass is 32.1. The summed E-state index contributed by atoms with van der Waals surface area (Å²) in [7, 11) is 0. The van der Waals surface area contributed by atoms with Gasteiger partial charge in [0.2, 0.25) is 5.89 Å². The number of hydrogen-bond acceptors (Lipinski definition) is 4. The van der Waals surface area contributed by atoms with Crippen molar-refractivity contribution in [3.05, 3.63) is 59.3 Å². The summed E-state index contributed by atoms with van der Waals surface area (Å²) >= 11 is 5.30. The molecule has 0 bridgehead atoms. The van der Waals surface area contributed by atoms with Gasteiger partial charge < -0.3 is 9.32 Å². The fraction of sp³-hybridized carbons (Fsp3) is 0.278. The Bertz CT molecular complexity index is 917. The molecule has 2 N–H and O–H groups in total. The summed E-state index contributed by atoms with van der Waals surface area (Å²) in [4.78, 5) is 7.36. The molecular formula is C18H20FN5OS+2. The molecule has 0 radical (unpaired) electrons. The van der Waals surface area contributed by atoms with E-state index in [0.717, 1.165) is 37.6 Å². The lowest BCUT2D eigenvalue weighted by Gasteiger charge is -2.27. The molecular weight excluding hydrogens is 353 g/mol. The van der Waals surface area contributed by atoms with Crippen molar-refractivity contribution in [3.8, 4) is 11.5 Å². The highest BCUT2D eigenvalue weighted by molar-refractivity contribution is 7.71. The first kappa shape index (κ1) is 16.9. The van der Waals surface area contributed by atoms with E-state index in [1.165, 1.54) is 17.0 Å². The molecule has 0 unspecified atom stereocenters. The predicted octanol–water partition coefficient (Wildman–Crippen LogP) is 1.19. The van der Waals surface area contributed by atoms with E-state index >= 15 is 0 Å². The summed E-state index contributed by atoms with van der Waals surface area (Å²) < 4.78 is 20.4. The minimum absolute atomic E-state index is 0.287.